The summed E-state index contributed by atoms with van der Waals surface area (Å²) >= 11 is 0. The summed E-state index contributed by atoms with van der Waals surface area (Å²) in [5.41, 5.74) is 1.10. The molecular weight excluding hydrogens is 282 g/mol. The Bertz CT molecular complexity index is 526. The van der Waals surface area contributed by atoms with Gasteiger partial charge in [-0.1, -0.05) is 19.1 Å². The van der Waals surface area contributed by atoms with Crippen molar-refractivity contribution < 1.29 is 19.4 Å². The fourth-order valence-corrected chi connectivity index (χ4v) is 2.94. The standard InChI is InChI=1S/C17H23NO4/c1-12-11-18(10-9-15(12)17(20)21)16(19)8-5-13-3-6-14(22-2)7-4-13/h3-4,6-7,12,15H,5,8-11H2,1-2H3,(H,20,21). The zero-order valence-corrected chi connectivity index (χ0v) is 13.1. The summed E-state index contributed by atoms with van der Waals surface area (Å²) in [5.74, 6) is -0.161. The number of hydrogen-bond donors (Lipinski definition) is 1. The third-order valence-electron chi connectivity index (χ3n) is 4.36. The van der Waals surface area contributed by atoms with Crippen LogP contribution in [0.2, 0.25) is 0 Å². The maximum atomic E-state index is 12.3. The first-order valence-electron chi connectivity index (χ1n) is 7.64. The summed E-state index contributed by atoms with van der Waals surface area (Å²) in [5, 5.41) is 9.11. The second-order valence-electron chi connectivity index (χ2n) is 5.90. The molecule has 0 spiro atoms. The van der Waals surface area contributed by atoms with Crippen LogP contribution in [0.5, 0.6) is 5.75 Å². The van der Waals surface area contributed by atoms with Gasteiger partial charge in [0.25, 0.3) is 0 Å². The van der Waals surface area contributed by atoms with E-state index in [9.17, 15) is 9.59 Å². The molecule has 2 unspecified atom stereocenters. The van der Waals surface area contributed by atoms with E-state index in [1.54, 1.807) is 12.0 Å². The maximum absolute atomic E-state index is 12.3. The van der Waals surface area contributed by atoms with E-state index in [-0.39, 0.29) is 17.7 Å². The Morgan fingerprint density at radius 1 is 1.32 bits per heavy atom. The molecule has 5 nitrogen and oxygen atoms in total. The number of carbonyl (C=O) groups excluding carboxylic acids is 1. The average molecular weight is 305 g/mol. The van der Waals surface area contributed by atoms with Gasteiger partial charge in [0.05, 0.1) is 13.0 Å². The van der Waals surface area contributed by atoms with Gasteiger partial charge in [0.2, 0.25) is 5.91 Å². The highest BCUT2D eigenvalue weighted by Gasteiger charge is 2.32. The molecule has 1 aliphatic heterocycles. The maximum Gasteiger partial charge on any atom is 0.306 e. The van der Waals surface area contributed by atoms with Crippen molar-refractivity contribution in [3.05, 3.63) is 29.8 Å². The van der Waals surface area contributed by atoms with E-state index in [2.05, 4.69) is 0 Å². The summed E-state index contributed by atoms with van der Waals surface area (Å²) < 4.78 is 5.11. The summed E-state index contributed by atoms with van der Waals surface area (Å²) in [6.07, 6.45) is 1.69. The molecule has 2 rings (SSSR count). The number of carboxylic acid groups (broad SMARTS) is 1. The van der Waals surface area contributed by atoms with E-state index < -0.39 is 5.97 Å². The number of hydrogen-bond acceptors (Lipinski definition) is 3. The first-order valence-corrected chi connectivity index (χ1v) is 7.64. The molecule has 1 saturated heterocycles. The minimum atomic E-state index is -0.752. The molecule has 22 heavy (non-hydrogen) atoms. The van der Waals surface area contributed by atoms with Gasteiger partial charge >= 0.3 is 5.97 Å². The van der Waals surface area contributed by atoms with Crippen molar-refractivity contribution in [3.8, 4) is 5.75 Å². The second-order valence-corrected chi connectivity index (χ2v) is 5.90. The third kappa shape index (κ3) is 4.00. The van der Waals surface area contributed by atoms with Gasteiger partial charge in [0.1, 0.15) is 5.75 Å². The number of carboxylic acids is 1. The number of aryl methyl sites for hydroxylation is 1. The van der Waals surface area contributed by atoms with Crippen molar-refractivity contribution in [1.82, 2.24) is 4.90 Å². The minimum absolute atomic E-state index is 0.0104. The minimum Gasteiger partial charge on any atom is -0.497 e. The van der Waals surface area contributed by atoms with E-state index in [0.29, 0.717) is 32.4 Å². The lowest BCUT2D eigenvalue weighted by molar-refractivity contribution is -0.148. The molecule has 1 heterocycles. The molecule has 2 atom stereocenters. The van der Waals surface area contributed by atoms with E-state index in [0.717, 1.165) is 11.3 Å². The number of nitrogens with zero attached hydrogens (tertiary/aromatic N) is 1. The van der Waals surface area contributed by atoms with Gasteiger partial charge in [0.15, 0.2) is 0 Å². The number of ether oxygens (including phenoxy) is 1. The van der Waals surface area contributed by atoms with Crippen LogP contribution in [0.4, 0.5) is 0 Å². The Labute approximate surface area is 130 Å². The van der Waals surface area contributed by atoms with Crippen molar-refractivity contribution in [2.24, 2.45) is 11.8 Å². The molecule has 0 aromatic heterocycles. The highest BCUT2D eigenvalue weighted by molar-refractivity contribution is 5.77. The molecule has 1 N–H and O–H groups in total. The van der Waals surface area contributed by atoms with Crippen LogP contribution in [0, 0.1) is 11.8 Å². The lowest BCUT2D eigenvalue weighted by atomic mass is 9.87. The SMILES string of the molecule is COc1ccc(CCC(=O)N2CCC(C(=O)O)C(C)C2)cc1. The first kappa shape index (κ1) is 16.3. The van der Waals surface area contributed by atoms with Crippen LogP contribution in [-0.4, -0.2) is 42.1 Å². The van der Waals surface area contributed by atoms with Crippen LogP contribution in [0.15, 0.2) is 24.3 Å². The number of likely N-dealkylation sites (tertiary alicyclic amines) is 1. The van der Waals surface area contributed by atoms with Crippen LogP contribution in [-0.2, 0) is 16.0 Å². The summed E-state index contributed by atoms with van der Waals surface area (Å²) in [6.45, 7) is 2.99. The van der Waals surface area contributed by atoms with Crippen molar-refractivity contribution in [2.45, 2.75) is 26.2 Å². The van der Waals surface area contributed by atoms with E-state index >= 15 is 0 Å². The molecule has 1 amide bonds. The number of rotatable bonds is 5. The molecule has 0 saturated carbocycles. The fourth-order valence-electron chi connectivity index (χ4n) is 2.94. The molecule has 5 heteroatoms. The van der Waals surface area contributed by atoms with E-state index in [4.69, 9.17) is 9.84 Å². The van der Waals surface area contributed by atoms with Gasteiger partial charge < -0.3 is 14.7 Å². The third-order valence-corrected chi connectivity index (χ3v) is 4.36. The van der Waals surface area contributed by atoms with Crippen molar-refractivity contribution in [2.75, 3.05) is 20.2 Å². The number of benzene rings is 1. The monoisotopic (exact) mass is 305 g/mol. The van der Waals surface area contributed by atoms with Gasteiger partial charge in [-0.2, -0.15) is 0 Å². The zero-order chi connectivity index (χ0) is 16.1. The van der Waals surface area contributed by atoms with Crippen molar-refractivity contribution in [1.29, 1.82) is 0 Å². The van der Waals surface area contributed by atoms with Gasteiger partial charge in [-0.25, -0.2) is 0 Å². The Hall–Kier alpha value is -2.04. The van der Waals surface area contributed by atoms with Gasteiger partial charge in [-0.15, -0.1) is 0 Å². The topological polar surface area (TPSA) is 66.8 Å². The Morgan fingerprint density at radius 3 is 2.55 bits per heavy atom. The van der Waals surface area contributed by atoms with Crippen LogP contribution in [0.3, 0.4) is 0 Å². The zero-order valence-electron chi connectivity index (χ0n) is 13.1. The molecule has 0 bridgehead atoms. The molecule has 1 aromatic carbocycles. The lowest BCUT2D eigenvalue weighted by Crippen LogP contribution is -2.45. The van der Waals surface area contributed by atoms with Crippen LogP contribution >= 0.6 is 0 Å². The quantitative estimate of drug-likeness (QED) is 0.905. The Balaban J connectivity index is 1.83. The number of amides is 1. The van der Waals surface area contributed by atoms with Gasteiger partial charge in [-0.05, 0) is 36.5 Å². The molecule has 1 aliphatic rings. The number of carbonyl (C=O) groups is 2. The second kappa shape index (κ2) is 7.29. The normalized spacial score (nSPS) is 21.5. The van der Waals surface area contributed by atoms with Gasteiger partial charge in [0, 0.05) is 19.5 Å². The highest BCUT2D eigenvalue weighted by atomic mass is 16.5. The van der Waals surface area contributed by atoms with Crippen LogP contribution < -0.4 is 4.74 Å². The Morgan fingerprint density at radius 2 is 2.00 bits per heavy atom. The summed E-state index contributed by atoms with van der Waals surface area (Å²) in [6, 6.07) is 7.71. The van der Waals surface area contributed by atoms with Gasteiger partial charge in [-0.3, -0.25) is 9.59 Å². The molecule has 120 valence electrons. The van der Waals surface area contributed by atoms with Crippen LogP contribution in [0.1, 0.15) is 25.3 Å². The fraction of sp³-hybridized carbons (Fsp3) is 0.529. The smallest absolute Gasteiger partial charge is 0.306 e. The van der Waals surface area contributed by atoms with Crippen LogP contribution in [0.25, 0.3) is 0 Å². The molecule has 1 aromatic rings. The molecule has 0 aliphatic carbocycles. The molecular formula is C17H23NO4. The van der Waals surface area contributed by atoms with E-state index in [1.807, 2.05) is 31.2 Å². The molecule has 0 radical (unpaired) electrons. The number of aliphatic carboxylic acids is 1. The highest BCUT2D eigenvalue weighted by Crippen LogP contribution is 2.24. The first-order chi connectivity index (χ1) is 10.5. The van der Waals surface area contributed by atoms with E-state index in [1.165, 1.54) is 0 Å². The predicted molar refractivity (Wildman–Crippen MR) is 82.8 cm³/mol. The number of methoxy groups -OCH3 is 1. The lowest BCUT2D eigenvalue weighted by Gasteiger charge is -2.35. The largest absolute Gasteiger partial charge is 0.497 e. The van der Waals surface area contributed by atoms with Crippen molar-refractivity contribution >= 4 is 11.9 Å². The molecule has 1 fully saturated rings. The summed E-state index contributed by atoms with van der Waals surface area (Å²) in [7, 11) is 1.63. The van der Waals surface area contributed by atoms with Crippen molar-refractivity contribution in [3.63, 3.8) is 0 Å². The summed E-state index contributed by atoms with van der Waals surface area (Å²) in [4.78, 5) is 25.2. The number of piperidine rings is 1. The predicted octanol–water partition coefficient (Wildman–Crippen LogP) is 2.20. The average Bonchev–Trinajstić information content (AvgIpc) is 2.52. The Kier molecular flexibility index (Phi) is 5.41.